The summed E-state index contributed by atoms with van der Waals surface area (Å²) in [4.78, 5) is 0. The van der Waals surface area contributed by atoms with Crippen LogP contribution in [-0.4, -0.2) is 0 Å². The molecule has 0 spiro atoms. The Bertz CT molecular complexity index is 275. The normalized spacial score (nSPS) is 12.7. The third kappa shape index (κ3) is 4.07. The first-order valence-corrected chi connectivity index (χ1v) is 6.14. The number of aryl methyl sites for hydroxylation is 1. The summed E-state index contributed by atoms with van der Waals surface area (Å²) in [5, 5.41) is 0. The highest BCUT2D eigenvalue weighted by molar-refractivity contribution is 5.29. The molecule has 1 aromatic carbocycles. The zero-order valence-corrected chi connectivity index (χ0v) is 10.1. The lowest BCUT2D eigenvalue weighted by atomic mass is 9.92. The Hall–Kier alpha value is -0.780. The van der Waals surface area contributed by atoms with Gasteiger partial charge in [0.1, 0.15) is 0 Å². The van der Waals surface area contributed by atoms with Gasteiger partial charge in [-0.1, -0.05) is 56.9 Å². The van der Waals surface area contributed by atoms with Crippen LogP contribution in [0.4, 0.5) is 0 Å². The van der Waals surface area contributed by atoms with Crippen molar-refractivity contribution >= 4 is 0 Å². The summed E-state index contributed by atoms with van der Waals surface area (Å²) in [7, 11) is 0. The summed E-state index contributed by atoms with van der Waals surface area (Å²) in [6.45, 7) is 8.70. The summed E-state index contributed by atoms with van der Waals surface area (Å²) in [6.07, 6.45) is 6.57. The van der Waals surface area contributed by atoms with E-state index >= 15 is 0 Å². The second-order valence-electron chi connectivity index (χ2n) is 4.40. The molecule has 0 aromatic heterocycles. The monoisotopic (exact) mass is 203 g/mol. The van der Waals surface area contributed by atoms with Gasteiger partial charge in [0, 0.05) is 0 Å². The van der Waals surface area contributed by atoms with E-state index in [9.17, 15) is 0 Å². The average Bonchev–Trinajstić information content (AvgIpc) is 2.25. The van der Waals surface area contributed by atoms with E-state index < -0.39 is 0 Å². The maximum absolute atomic E-state index is 4.27. The minimum atomic E-state index is 0.475. The minimum absolute atomic E-state index is 0.475. The van der Waals surface area contributed by atoms with Crippen LogP contribution in [0, 0.1) is 13.8 Å². The number of hydrogen-bond acceptors (Lipinski definition) is 0. The van der Waals surface area contributed by atoms with Crippen LogP contribution in [0.25, 0.3) is 0 Å². The van der Waals surface area contributed by atoms with Crippen molar-refractivity contribution in [1.29, 1.82) is 0 Å². The summed E-state index contributed by atoms with van der Waals surface area (Å²) in [5.41, 5.74) is 2.81. The van der Waals surface area contributed by atoms with Gasteiger partial charge in [0.05, 0.1) is 0 Å². The molecular weight excluding hydrogens is 180 g/mol. The zero-order chi connectivity index (χ0) is 11.1. The lowest BCUT2D eigenvalue weighted by Crippen LogP contribution is -1.96. The number of benzene rings is 1. The van der Waals surface area contributed by atoms with E-state index in [1.807, 2.05) is 0 Å². The Morgan fingerprint density at radius 3 is 2.53 bits per heavy atom. The van der Waals surface area contributed by atoms with Crippen LogP contribution in [-0.2, 0) is 0 Å². The molecule has 1 unspecified atom stereocenters. The third-order valence-corrected chi connectivity index (χ3v) is 3.03. The zero-order valence-electron chi connectivity index (χ0n) is 10.1. The Kier molecular flexibility index (Phi) is 5.45. The van der Waals surface area contributed by atoms with Crippen molar-refractivity contribution in [3.63, 3.8) is 0 Å². The van der Waals surface area contributed by atoms with Gasteiger partial charge in [-0.25, -0.2) is 0 Å². The highest BCUT2D eigenvalue weighted by Gasteiger charge is 2.06. The van der Waals surface area contributed by atoms with Crippen molar-refractivity contribution in [2.75, 3.05) is 0 Å². The number of unbranched alkanes of at least 4 members (excludes halogenated alkanes) is 3. The first-order valence-electron chi connectivity index (χ1n) is 6.14. The predicted octanol–water partition coefficient (Wildman–Crippen LogP) is 4.88. The molecule has 0 fully saturated rings. The van der Waals surface area contributed by atoms with Crippen LogP contribution in [0.5, 0.6) is 0 Å². The van der Waals surface area contributed by atoms with E-state index in [-0.39, 0.29) is 0 Å². The first kappa shape index (κ1) is 12.3. The average molecular weight is 203 g/mol. The smallest absolute Gasteiger partial charge is 0.0159 e. The lowest BCUT2D eigenvalue weighted by molar-refractivity contribution is 0.601. The van der Waals surface area contributed by atoms with E-state index in [0.29, 0.717) is 5.92 Å². The molecule has 0 aliphatic rings. The molecule has 1 atom stereocenters. The molecule has 0 N–H and O–H groups in total. The Morgan fingerprint density at radius 1 is 1.13 bits per heavy atom. The molecule has 0 heteroatoms. The van der Waals surface area contributed by atoms with Gasteiger partial charge < -0.3 is 0 Å². The second-order valence-corrected chi connectivity index (χ2v) is 4.40. The minimum Gasteiger partial charge on any atom is -0.0654 e. The molecule has 0 nitrogen and oxygen atoms in total. The van der Waals surface area contributed by atoms with Crippen molar-refractivity contribution in [3.05, 3.63) is 42.3 Å². The standard InChI is InChI=1S/C15H23/c1-4-5-6-7-10-13(2)15-12-9-8-11-14(15)3/h8-9,11-13H,2,4-7,10H2,1,3H3. The second kappa shape index (κ2) is 6.66. The molecule has 0 aliphatic heterocycles. The topological polar surface area (TPSA) is 0 Å². The maximum atomic E-state index is 4.27. The molecule has 0 heterocycles. The largest absolute Gasteiger partial charge is 0.0654 e. The van der Waals surface area contributed by atoms with Crippen LogP contribution in [0.2, 0.25) is 0 Å². The maximum Gasteiger partial charge on any atom is -0.0159 e. The molecule has 0 bridgehead atoms. The number of rotatable bonds is 6. The van der Waals surface area contributed by atoms with Crippen LogP contribution in [0.1, 0.15) is 56.1 Å². The predicted molar refractivity (Wildman–Crippen MR) is 68.0 cm³/mol. The summed E-state index contributed by atoms with van der Waals surface area (Å²) < 4.78 is 0. The SMILES string of the molecule is [CH2]C(CCCCCC)c1ccccc1C. The Balaban J connectivity index is 2.40. The molecule has 15 heavy (non-hydrogen) atoms. The molecular formula is C15H23. The highest BCUT2D eigenvalue weighted by atomic mass is 14.1. The van der Waals surface area contributed by atoms with Crippen molar-refractivity contribution in [2.45, 2.75) is 51.9 Å². The highest BCUT2D eigenvalue weighted by Crippen LogP contribution is 2.24. The van der Waals surface area contributed by atoms with Gasteiger partial charge in [-0.15, -0.1) is 0 Å². The Labute approximate surface area is 94.7 Å². The first-order chi connectivity index (χ1) is 7.25. The van der Waals surface area contributed by atoms with Crippen LogP contribution < -0.4 is 0 Å². The molecule has 83 valence electrons. The molecule has 0 saturated heterocycles. The van der Waals surface area contributed by atoms with Crippen molar-refractivity contribution in [2.24, 2.45) is 0 Å². The van der Waals surface area contributed by atoms with Crippen molar-refractivity contribution in [3.8, 4) is 0 Å². The van der Waals surface area contributed by atoms with Crippen LogP contribution in [0.15, 0.2) is 24.3 Å². The van der Waals surface area contributed by atoms with Crippen LogP contribution in [0.3, 0.4) is 0 Å². The van der Waals surface area contributed by atoms with E-state index in [2.05, 4.69) is 45.0 Å². The molecule has 0 amide bonds. The number of hydrogen-bond donors (Lipinski definition) is 0. The van der Waals surface area contributed by atoms with Crippen molar-refractivity contribution in [1.82, 2.24) is 0 Å². The molecule has 1 rings (SSSR count). The van der Waals surface area contributed by atoms with Gasteiger partial charge in [0.2, 0.25) is 0 Å². The molecule has 1 radical (unpaired) electrons. The van der Waals surface area contributed by atoms with Gasteiger partial charge in [-0.3, -0.25) is 0 Å². The Morgan fingerprint density at radius 2 is 1.87 bits per heavy atom. The van der Waals surface area contributed by atoms with Gasteiger partial charge in [0.25, 0.3) is 0 Å². The fourth-order valence-electron chi connectivity index (χ4n) is 2.02. The molecule has 1 aromatic rings. The van der Waals surface area contributed by atoms with Gasteiger partial charge in [0.15, 0.2) is 0 Å². The molecule has 0 aliphatic carbocycles. The van der Waals surface area contributed by atoms with Gasteiger partial charge in [-0.05, 0) is 37.3 Å². The molecule has 0 saturated carbocycles. The van der Waals surface area contributed by atoms with Gasteiger partial charge >= 0.3 is 0 Å². The van der Waals surface area contributed by atoms with E-state index in [1.165, 1.54) is 43.2 Å². The van der Waals surface area contributed by atoms with Crippen molar-refractivity contribution < 1.29 is 0 Å². The third-order valence-electron chi connectivity index (χ3n) is 3.03. The van der Waals surface area contributed by atoms with E-state index in [0.717, 1.165) is 0 Å². The summed E-state index contributed by atoms with van der Waals surface area (Å²) >= 11 is 0. The summed E-state index contributed by atoms with van der Waals surface area (Å²) in [6, 6.07) is 8.61. The van der Waals surface area contributed by atoms with Crippen LogP contribution >= 0.6 is 0 Å². The lowest BCUT2D eigenvalue weighted by Gasteiger charge is -2.14. The van der Waals surface area contributed by atoms with E-state index in [4.69, 9.17) is 0 Å². The fourth-order valence-corrected chi connectivity index (χ4v) is 2.02. The quantitative estimate of drug-likeness (QED) is 0.578. The summed E-state index contributed by atoms with van der Waals surface area (Å²) in [5.74, 6) is 0.475. The van der Waals surface area contributed by atoms with Gasteiger partial charge in [-0.2, -0.15) is 0 Å². The fraction of sp³-hybridized carbons (Fsp3) is 0.533. The van der Waals surface area contributed by atoms with E-state index in [1.54, 1.807) is 0 Å².